The maximum atomic E-state index is 12.3. The van der Waals surface area contributed by atoms with Crippen LogP contribution < -0.4 is 10.6 Å². The van der Waals surface area contributed by atoms with Gasteiger partial charge in [-0.2, -0.15) is 5.10 Å². The van der Waals surface area contributed by atoms with Crippen molar-refractivity contribution >= 4 is 22.6 Å². The molecule has 7 nitrogen and oxygen atoms in total. The van der Waals surface area contributed by atoms with E-state index in [0.29, 0.717) is 18.1 Å². The van der Waals surface area contributed by atoms with Crippen LogP contribution in [0.5, 0.6) is 0 Å². The molecule has 0 saturated carbocycles. The van der Waals surface area contributed by atoms with Crippen molar-refractivity contribution in [2.24, 2.45) is 0 Å². The van der Waals surface area contributed by atoms with Crippen molar-refractivity contribution in [3.05, 3.63) is 78.9 Å². The molecule has 2 amide bonds. The van der Waals surface area contributed by atoms with E-state index < -0.39 is 0 Å². The van der Waals surface area contributed by atoms with E-state index in [4.69, 9.17) is 0 Å². The predicted molar refractivity (Wildman–Crippen MR) is 99.0 cm³/mol. The molecule has 0 aliphatic heterocycles. The summed E-state index contributed by atoms with van der Waals surface area (Å²) in [7, 11) is 0. The SMILES string of the molecule is O=C(NCc1cccnc1-n1cccn1)Nc1cccc2ncccc12. The molecule has 2 N–H and O–H groups in total. The minimum atomic E-state index is -0.295. The first-order valence-electron chi connectivity index (χ1n) is 8.14. The molecule has 0 saturated heterocycles. The molecule has 3 heterocycles. The van der Waals surface area contributed by atoms with Gasteiger partial charge in [0.2, 0.25) is 0 Å². The Hall–Kier alpha value is -3.74. The van der Waals surface area contributed by atoms with Gasteiger partial charge in [0.05, 0.1) is 11.2 Å². The van der Waals surface area contributed by atoms with Crippen LogP contribution in [-0.4, -0.2) is 25.8 Å². The van der Waals surface area contributed by atoms with E-state index in [9.17, 15) is 4.79 Å². The van der Waals surface area contributed by atoms with Crippen molar-refractivity contribution in [2.45, 2.75) is 6.54 Å². The van der Waals surface area contributed by atoms with E-state index >= 15 is 0 Å². The van der Waals surface area contributed by atoms with Crippen molar-refractivity contribution in [3.8, 4) is 5.82 Å². The van der Waals surface area contributed by atoms with Crippen molar-refractivity contribution in [2.75, 3.05) is 5.32 Å². The lowest BCUT2D eigenvalue weighted by Gasteiger charge is -2.11. The van der Waals surface area contributed by atoms with E-state index in [1.165, 1.54) is 0 Å². The number of nitrogens with zero attached hydrogens (tertiary/aromatic N) is 4. The number of anilines is 1. The summed E-state index contributed by atoms with van der Waals surface area (Å²) in [6.07, 6.45) is 6.93. The largest absolute Gasteiger partial charge is 0.334 e. The van der Waals surface area contributed by atoms with Gasteiger partial charge >= 0.3 is 6.03 Å². The molecule has 0 bridgehead atoms. The number of hydrogen-bond donors (Lipinski definition) is 2. The summed E-state index contributed by atoms with van der Waals surface area (Å²) in [4.78, 5) is 21.0. The lowest BCUT2D eigenvalue weighted by Crippen LogP contribution is -2.28. The van der Waals surface area contributed by atoms with Gasteiger partial charge in [-0.15, -0.1) is 0 Å². The highest BCUT2D eigenvalue weighted by Crippen LogP contribution is 2.21. The van der Waals surface area contributed by atoms with Gasteiger partial charge in [-0.05, 0) is 36.4 Å². The third-order valence-corrected chi connectivity index (χ3v) is 3.92. The van der Waals surface area contributed by atoms with Crippen LogP contribution in [0.2, 0.25) is 0 Å². The summed E-state index contributed by atoms with van der Waals surface area (Å²) in [5.41, 5.74) is 2.41. The molecule has 128 valence electrons. The standard InChI is InChI=1S/C19H16N6O/c26-19(24-17-8-1-7-16-15(17)6-3-9-20-16)22-13-14-5-2-10-21-18(14)25-12-4-11-23-25/h1-12H,13H2,(H2,22,24,26). The summed E-state index contributed by atoms with van der Waals surface area (Å²) in [6, 6.07) is 14.7. The molecule has 0 fully saturated rings. The second kappa shape index (κ2) is 7.02. The number of carbonyl (C=O) groups excluding carboxylic acids is 1. The number of amides is 2. The highest BCUT2D eigenvalue weighted by atomic mass is 16.2. The Morgan fingerprint density at radius 1 is 0.962 bits per heavy atom. The summed E-state index contributed by atoms with van der Waals surface area (Å²) in [5, 5.41) is 10.8. The van der Waals surface area contributed by atoms with Gasteiger partial charge in [-0.3, -0.25) is 4.98 Å². The van der Waals surface area contributed by atoms with Gasteiger partial charge in [-0.1, -0.05) is 12.1 Å². The van der Waals surface area contributed by atoms with Crippen LogP contribution in [0.1, 0.15) is 5.56 Å². The number of aromatic nitrogens is 4. The fourth-order valence-corrected chi connectivity index (χ4v) is 2.72. The minimum absolute atomic E-state index is 0.295. The lowest BCUT2D eigenvalue weighted by atomic mass is 10.2. The lowest BCUT2D eigenvalue weighted by molar-refractivity contribution is 0.252. The van der Waals surface area contributed by atoms with E-state index in [1.807, 2.05) is 54.7 Å². The number of nitrogens with one attached hydrogen (secondary N) is 2. The first-order chi connectivity index (χ1) is 12.8. The van der Waals surface area contributed by atoms with E-state index in [0.717, 1.165) is 16.5 Å². The molecule has 0 aliphatic rings. The summed E-state index contributed by atoms with van der Waals surface area (Å²) in [6.45, 7) is 0.331. The molecule has 0 aliphatic carbocycles. The summed E-state index contributed by atoms with van der Waals surface area (Å²) in [5.74, 6) is 0.687. The maximum absolute atomic E-state index is 12.3. The van der Waals surface area contributed by atoms with Crippen molar-refractivity contribution in [1.82, 2.24) is 25.1 Å². The third-order valence-electron chi connectivity index (χ3n) is 3.92. The zero-order valence-electron chi connectivity index (χ0n) is 13.8. The molecular weight excluding hydrogens is 328 g/mol. The second-order valence-electron chi connectivity index (χ2n) is 5.62. The fourth-order valence-electron chi connectivity index (χ4n) is 2.72. The predicted octanol–water partition coefficient (Wildman–Crippen LogP) is 3.14. The number of hydrogen-bond acceptors (Lipinski definition) is 4. The Morgan fingerprint density at radius 3 is 2.73 bits per heavy atom. The van der Waals surface area contributed by atoms with Crippen LogP contribution in [-0.2, 0) is 6.54 Å². The van der Waals surface area contributed by atoms with Crippen molar-refractivity contribution in [1.29, 1.82) is 0 Å². The van der Waals surface area contributed by atoms with Crippen LogP contribution in [0.15, 0.2) is 73.3 Å². The number of fused-ring (bicyclic) bond motifs is 1. The van der Waals surface area contributed by atoms with Crippen molar-refractivity contribution < 1.29 is 4.79 Å². The molecular formula is C19H16N6O. The molecule has 0 unspecified atom stereocenters. The van der Waals surface area contributed by atoms with E-state index in [-0.39, 0.29) is 6.03 Å². The molecule has 0 spiro atoms. The van der Waals surface area contributed by atoms with Crippen LogP contribution >= 0.6 is 0 Å². The number of benzene rings is 1. The normalized spacial score (nSPS) is 10.6. The molecule has 0 atom stereocenters. The van der Waals surface area contributed by atoms with E-state index in [1.54, 1.807) is 23.3 Å². The minimum Gasteiger partial charge on any atom is -0.334 e. The van der Waals surface area contributed by atoms with Gasteiger partial charge in [0, 0.05) is 42.3 Å². The number of rotatable bonds is 4. The monoisotopic (exact) mass is 344 g/mol. The zero-order valence-corrected chi connectivity index (χ0v) is 13.8. The maximum Gasteiger partial charge on any atom is 0.319 e. The average Bonchev–Trinajstić information content (AvgIpc) is 3.21. The molecule has 1 aromatic carbocycles. The molecule has 4 rings (SSSR count). The average molecular weight is 344 g/mol. The molecule has 26 heavy (non-hydrogen) atoms. The number of urea groups is 1. The van der Waals surface area contributed by atoms with Gasteiger partial charge in [0.1, 0.15) is 0 Å². The summed E-state index contributed by atoms with van der Waals surface area (Å²) < 4.78 is 1.67. The van der Waals surface area contributed by atoms with Crippen LogP contribution in [0.25, 0.3) is 16.7 Å². The summed E-state index contributed by atoms with van der Waals surface area (Å²) >= 11 is 0. The Morgan fingerprint density at radius 2 is 1.85 bits per heavy atom. The van der Waals surface area contributed by atoms with Gasteiger partial charge in [-0.25, -0.2) is 14.5 Å². The van der Waals surface area contributed by atoms with E-state index in [2.05, 4.69) is 25.7 Å². The highest BCUT2D eigenvalue weighted by molar-refractivity contribution is 6.00. The molecule has 4 aromatic rings. The molecule has 7 heteroatoms. The van der Waals surface area contributed by atoms with Crippen molar-refractivity contribution in [3.63, 3.8) is 0 Å². The van der Waals surface area contributed by atoms with Crippen LogP contribution in [0, 0.1) is 0 Å². The fraction of sp³-hybridized carbons (Fsp3) is 0.0526. The molecule has 0 radical (unpaired) electrons. The number of pyridine rings is 2. The Balaban J connectivity index is 1.48. The van der Waals surface area contributed by atoms with Gasteiger partial charge < -0.3 is 10.6 Å². The quantitative estimate of drug-likeness (QED) is 0.596. The second-order valence-corrected chi connectivity index (χ2v) is 5.62. The molecule has 3 aromatic heterocycles. The first kappa shape index (κ1) is 15.8. The van der Waals surface area contributed by atoms with Gasteiger partial charge in [0.25, 0.3) is 0 Å². The number of carbonyl (C=O) groups is 1. The zero-order chi connectivity index (χ0) is 17.8. The third kappa shape index (κ3) is 3.23. The first-order valence-corrected chi connectivity index (χ1v) is 8.14. The van der Waals surface area contributed by atoms with Gasteiger partial charge in [0.15, 0.2) is 5.82 Å². The topological polar surface area (TPSA) is 84.7 Å². The van der Waals surface area contributed by atoms with Crippen LogP contribution in [0.3, 0.4) is 0 Å². The Kier molecular flexibility index (Phi) is 4.26. The Bertz CT molecular complexity index is 1040. The highest BCUT2D eigenvalue weighted by Gasteiger charge is 2.09. The van der Waals surface area contributed by atoms with Crippen LogP contribution in [0.4, 0.5) is 10.5 Å². The smallest absolute Gasteiger partial charge is 0.319 e. The Labute approximate surface area is 149 Å².